The highest BCUT2D eigenvalue weighted by molar-refractivity contribution is 7.89. The molecule has 7 heteroatoms. The lowest BCUT2D eigenvalue weighted by atomic mass is 10.4. The zero-order valence-electron chi connectivity index (χ0n) is 10.4. The van der Waals surface area contributed by atoms with Crippen molar-refractivity contribution in [3.8, 4) is 0 Å². The average molecular weight is 270 g/mol. The fourth-order valence-electron chi connectivity index (χ4n) is 1.64. The number of nitrogens with two attached hydrogens (primary N) is 1. The predicted molar refractivity (Wildman–Crippen MR) is 70.4 cm³/mol. The van der Waals surface area contributed by atoms with E-state index in [1.807, 2.05) is 0 Å². The van der Waals surface area contributed by atoms with Gasteiger partial charge in [-0.3, -0.25) is 5.10 Å². The lowest BCUT2D eigenvalue weighted by molar-refractivity contribution is 0.473. The summed E-state index contributed by atoms with van der Waals surface area (Å²) in [6.45, 7) is 9.25. The maximum absolute atomic E-state index is 12.5. The fourth-order valence-corrected chi connectivity index (χ4v) is 3.36. The van der Waals surface area contributed by atoms with Crippen LogP contribution in [-0.2, 0) is 16.6 Å². The summed E-state index contributed by atoms with van der Waals surface area (Å²) in [5.41, 5.74) is 6.32. The van der Waals surface area contributed by atoms with Crippen molar-refractivity contribution in [1.29, 1.82) is 0 Å². The van der Waals surface area contributed by atoms with E-state index in [4.69, 9.17) is 5.73 Å². The van der Waals surface area contributed by atoms with E-state index in [2.05, 4.69) is 23.4 Å². The first-order chi connectivity index (χ1) is 8.48. The number of aromatic amines is 1. The van der Waals surface area contributed by atoms with Crippen molar-refractivity contribution in [3.63, 3.8) is 0 Å². The van der Waals surface area contributed by atoms with Crippen molar-refractivity contribution in [1.82, 2.24) is 14.5 Å². The lowest BCUT2D eigenvalue weighted by Crippen LogP contribution is -2.32. The van der Waals surface area contributed by atoms with Crippen LogP contribution >= 0.6 is 0 Å². The van der Waals surface area contributed by atoms with Gasteiger partial charge in [-0.25, -0.2) is 8.42 Å². The molecule has 0 aliphatic rings. The lowest BCUT2D eigenvalue weighted by Gasteiger charge is -2.19. The summed E-state index contributed by atoms with van der Waals surface area (Å²) in [4.78, 5) is 0.147. The summed E-state index contributed by atoms with van der Waals surface area (Å²) in [6, 6.07) is 0. The Kier molecular flexibility index (Phi) is 4.83. The third-order valence-electron chi connectivity index (χ3n) is 2.42. The quantitative estimate of drug-likeness (QED) is 0.707. The average Bonchev–Trinajstić information content (AvgIpc) is 2.70. The third kappa shape index (κ3) is 2.69. The largest absolute Gasteiger partial charge is 0.325 e. The van der Waals surface area contributed by atoms with E-state index in [1.165, 1.54) is 16.5 Å². The Labute approximate surface area is 107 Å². The molecule has 0 bridgehead atoms. The van der Waals surface area contributed by atoms with Crippen LogP contribution in [0.15, 0.2) is 30.2 Å². The van der Waals surface area contributed by atoms with Gasteiger partial charge >= 0.3 is 0 Å². The third-order valence-corrected chi connectivity index (χ3v) is 4.45. The molecule has 6 nitrogen and oxygen atoms in total. The Morgan fingerprint density at radius 2 is 1.94 bits per heavy atom. The van der Waals surface area contributed by atoms with E-state index in [1.54, 1.807) is 6.92 Å². The monoisotopic (exact) mass is 270 g/mol. The molecule has 0 aliphatic carbocycles. The molecule has 0 aliphatic heterocycles. The molecule has 0 fully saturated rings. The first-order valence-electron chi connectivity index (χ1n) is 5.44. The Bertz CT molecular complexity index is 523. The van der Waals surface area contributed by atoms with E-state index >= 15 is 0 Å². The first-order valence-corrected chi connectivity index (χ1v) is 6.88. The molecule has 1 heterocycles. The second kappa shape index (κ2) is 5.94. The molecule has 100 valence electrons. The van der Waals surface area contributed by atoms with E-state index < -0.39 is 10.0 Å². The maximum atomic E-state index is 12.5. The van der Waals surface area contributed by atoms with Gasteiger partial charge in [0.05, 0.1) is 11.4 Å². The SMILES string of the molecule is C=CCN(CC=C)S(=O)(=O)c1c(CN)n[nH]c1C. The number of sulfonamides is 1. The standard InChI is InChI=1S/C11H18N4O2S/c1-4-6-15(7-5-2)18(16,17)11-9(3)13-14-10(11)8-12/h4-5H,1-2,6-8,12H2,3H3,(H,13,14). The highest BCUT2D eigenvalue weighted by Gasteiger charge is 2.28. The smallest absolute Gasteiger partial charge is 0.247 e. The Balaban J connectivity index is 3.29. The Morgan fingerprint density at radius 1 is 1.39 bits per heavy atom. The second-order valence-electron chi connectivity index (χ2n) is 3.73. The molecule has 1 aromatic heterocycles. The van der Waals surface area contributed by atoms with Crippen molar-refractivity contribution in [2.75, 3.05) is 13.1 Å². The molecular weight excluding hydrogens is 252 g/mol. The summed E-state index contributed by atoms with van der Waals surface area (Å²) in [5, 5.41) is 6.54. The molecule has 0 saturated carbocycles. The molecule has 1 rings (SSSR count). The van der Waals surface area contributed by atoms with Crippen molar-refractivity contribution in [2.24, 2.45) is 5.73 Å². The Morgan fingerprint density at radius 3 is 2.39 bits per heavy atom. The zero-order chi connectivity index (χ0) is 13.8. The number of H-pyrrole nitrogens is 1. The van der Waals surface area contributed by atoms with Crippen molar-refractivity contribution >= 4 is 10.0 Å². The molecule has 0 saturated heterocycles. The Hall–Kier alpha value is -1.44. The van der Waals surface area contributed by atoms with Crippen LogP contribution in [0.25, 0.3) is 0 Å². The summed E-state index contributed by atoms with van der Waals surface area (Å²) in [6.07, 6.45) is 3.05. The molecule has 3 N–H and O–H groups in total. The van der Waals surface area contributed by atoms with Crippen LogP contribution in [0.4, 0.5) is 0 Å². The highest BCUT2D eigenvalue weighted by atomic mass is 32.2. The minimum absolute atomic E-state index is 0.0644. The van der Waals surface area contributed by atoms with Crippen LogP contribution in [-0.4, -0.2) is 36.0 Å². The molecule has 0 spiro atoms. The molecule has 0 amide bonds. The summed E-state index contributed by atoms with van der Waals surface area (Å²) in [7, 11) is -3.64. The topological polar surface area (TPSA) is 92.1 Å². The number of aromatic nitrogens is 2. The van der Waals surface area contributed by atoms with E-state index in [0.29, 0.717) is 11.4 Å². The molecule has 0 unspecified atom stereocenters. The number of nitrogens with zero attached hydrogens (tertiary/aromatic N) is 2. The molecular formula is C11H18N4O2S. The minimum Gasteiger partial charge on any atom is -0.325 e. The molecule has 0 atom stereocenters. The van der Waals surface area contributed by atoms with Crippen LogP contribution in [0.5, 0.6) is 0 Å². The predicted octanol–water partition coefficient (Wildman–Crippen LogP) is 0.540. The second-order valence-corrected chi connectivity index (χ2v) is 5.60. The van der Waals surface area contributed by atoms with E-state index in [0.717, 1.165) is 0 Å². The van der Waals surface area contributed by atoms with Gasteiger partial charge in [-0.1, -0.05) is 12.2 Å². The minimum atomic E-state index is -3.64. The van der Waals surface area contributed by atoms with Crippen LogP contribution in [0.2, 0.25) is 0 Å². The van der Waals surface area contributed by atoms with Gasteiger partial charge in [0.25, 0.3) is 0 Å². The van der Waals surface area contributed by atoms with Crippen molar-refractivity contribution < 1.29 is 8.42 Å². The van der Waals surface area contributed by atoms with Crippen molar-refractivity contribution in [2.45, 2.75) is 18.4 Å². The number of nitrogens with one attached hydrogen (secondary N) is 1. The maximum Gasteiger partial charge on any atom is 0.247 e. The number of hydrogen-bond acceptors (Lipinski definition) is 4. The van der Waals surface area contributed by atoms with Gasteiger partial charge in [0.1, 0.15) is 4.90 Å². The fraction of sp³-hybridized carbons (Fsp3) is 0.364. The normalized spacial score (nSPS) is 11.7. The molecule has 1 aromatic rings. The first kappa shape index (κ1) is 14.6. The van der Waals surface area contributed by atoms with Gasteiger partial charge in [-0.15, -0.1) is 13.2 Å². The van der Waals surface area contributed by atoms with Crippen molar-refractivity contribution in [3.05, 3.63) is 36.7 Å². The zero-order valence-corrected chi connectivity index (χ0v) is 11.2. The summed E-state index contributed by atoms with van der Waals surface area (Å²) < 4.78 is 26.2. The van der Waals surface area contributed by atoms with E-state index in [-0.39, 0.29) is 24.5 Å². The van der Waals surface area contributed by atoms with Gasteiger partial charge in [-0.05, 0) is 6.92 Å². The summed E-state index contributed by atoms with van der Waals surface area (Å²) in [5.74, 6) is 0. The molecule has 18 heavy (non-hydrogen) atoms. The van der Waals surface area contributed by atoms with Crippen LogP contribution in [0, 0.1) is 6.92 Å². The summed E-state index contributed by atoms with van der Waals surface area (Å²) >= 11 is 0. The van der Waals surface area contributed by atoms with Gasteiger partial charge in [0.15, 0.2) is 0 Å². The van der Waals surface area contributed by atoms with Gasteiger partial charge in [0.2, 0.25) is 10.0 Å². The van der Waals surface area contributed by atoms with Crippen LogP contribution in [0.1, 0.15) is 11.4 Å². The van der Waals surface area contributed by atoms with Gasteiger partial charge < -0.3 is 5.73 Å². The van der Waals surface area contributed by atoms with Gasteiger partial charge in [-0.2, -0.15) is 9.40 Å². The molecule has 0 aromatic carbocycles. The number of hydrogen-bond donors (Lipinski definition) is 2. The van der Waals surface area contributed by atoms with Crippen LogP contribution in [0.3, 0.4) is 0 Å². The molecule has 0 radical (unpaired) electrons. The number of rotatable bonds is 7. The van der Waals surface area contributed by atoms with E-state index in [9.17, 15) is 8.42 Å². The van der Waals surface area contributed by atoms with Crippen LogP contribution < -0.4 is 5.73 Å². The highest BCUT2D eigenvalue weighted by Crippen LogP contribution is 2.21. The number of aryl methyl sites for hydroxylation is 1. The van der Waals surface area contributed by atoms with Gasteiger partial charge in [0, 0.05) is 19.6 Å².